The second-order valence-electron chi connectivity index (χ2n) is 8.62. The highest BCUT2D eigenvalue weighted by Crippen LogP contribution is 2.38. The van der Waals surface area contributed by atoms with Crippen LogP contribution in [0.1, 0.15) is 12.8 Å². The average molecular weight is 540 g/mol. The van der Waals surface area contributed by atoms with Gasteiger partial charge in [-0.2, -0.15) is 0 Å². The molecule has 1 saturated heterocycles. The molecule has 1 N–H and O–H groups in total. The third-order valence-electron chi connectivity index (χ3n) is 6.26. The van der Waals surface area contributed by atoms with Crippen LogP contribution in [-0.4, -0.2) is 65.7 Å². The molecule has 13 heteroatoms. The van der Waals surface area contributed by atoms with E-state index in [0.717, 1.165) is 18.0 Å². The molecule has 0 amide bonds. The number of ether oxygens (including phenoxy) is 2. The fourth-order valence-corrected chi connectivity index (χ4v) is 5.85. The molecule has 0 saturated carbocycles. The number of nitrogens with zero attached hydrogens (tertiary/aromatic N) is 6. The molecule has 0 radical (unpaired) electrons. The summed E-state index contributed by atoms with van der Waals surface area (Å²) in [5.41, 5.74) is 1.17. The Hall–Kier alpha value is -4.26. The Balaban J connectivity index is 1.54. The van der Waals surface area contributed by atoms with Crippen molar-refractivity contribution in [3.8, 4) is 28.6 Å². The van der Waals surface area contributed by atoms with E-state index in [0.29, 0.717) is 42.4 Å². The normalized spacial score (nSPS) is 15.8. The van der Waals surface area contributed by atoms with E-state index in [1.807, 2.05) is 30.3 Å². The lowest BCUT2D eigenvalue weighted by atomic mass is 10.1. The number of sulfonamides is 1. The number of aromatic nitrogens is 5. The van der Waals surface area contributed by atoms with Crippen molar-refractivity contribution in [2.45, 2.75) is 18.1 Å². The Morgan fingerprint density at radius 2 is 1.66 bits per heavy atom. The summed E-state index contributed by atoms with van der Waals surface area (Å²) in [6.45, 7) is 0.697. The lowest BCUT2D eigenvalue weighted by molar-refractivity contribution is 0.391. The maximum absolute atomic E-state index is 13.6. The monoisotopic (exact) mass is 539 g/mol. The zero-order chi connectivity index (χ0) is 26.7. The highest BCUT2D eigenvalue weighted by Gasteiger charge is 2.34. The van der Waals surface area contributed by atoms with Crippen molar-refractivity contribution >= 4 is 21.9 Å². The second kappa shape index (κ2) is 10.6. The number of piperidine rings is 1. The first-order valence-corrected chi connectivity index (χ1v) is 13.4. The van der Waals surface area contributed by atoms with Crippen molar-refractivity contribution in [2.24, 2.45) is 0 Å². The quantitative estimate of drug-likeness (QED) is 0.359. The van der Waals surface area contributed by atoms with E-state index in [1.165, 1.54) is 14.2 Å². The fourth-order valence-electron chi connectivity index (χ4n) is 4.44. The first-order chi connectivity index (χ1) is 18.4. The van der Waals surface area contributed by atoms with E-state index in [-0.39, 0.29) is 18.4 Å². The molecule has 2 aromatic heterocycles. The van der Waals surface area contributed by atoms with Crippen LogP contribution >= 0.6 is 0 Å². The number of rotatable bonds is 8. The predicted octanol–water partition coefficient (Wildman–Crippen LogP) is 3.29. The number of para-hydroxylation sites is 1. The molecule has 38 heavy (non-hydrogen) atoms. The third-order valence-corrected chi connectivity index (χ3v) is 7.99. The molecule has 0 spiro atoms. The van der Waals surface area contributed by atoms with Crippen LogP contribution < -0.4 is 19.1 Å². The molecule has 5 rings (SSSR count). The van der Waals surface area contributed by atoms with Crippen LogP contribution in [-0.2, 0) is 10.0 Å². The van der Waals surface area contributed by atoms with Gasteiger partial charge >= 0.3 is 0 Å². The van der Waals surface area contributed by atoms with Gasteiger partial charge in [-0.05, 0) is 25.0 Å². The van der Waals surface area contributed by atoms with E-state index >= 15 is 0 Å². The number of benzene rings is 2. The molecule has 1 aliphatic rings. The smallest absolute Gasteiger partial charge is 0.243 e. The number of hydrogen-bond acceptors (Lipinski definition) is 9. The Kier molecular flexibility index (Phi) is 7.09. The molecule has 198 valence electrons. The van der Waals surface area contributed by atoms with Gasteiger partial charge < -0.3 is 14.4 Å². The van der Waals surface area contributed by atoms with Crippen molar-refractivity contribution in [1.29, 1.82) is 0 Å². The summed E-state index contributed by atoms with van der Waals surface area (Å²) in [5.74, 6) is 0.993. The zero-order valence-corrected chi connectivity index (χ0v) is 21.6. The zero-order valence-electron chi connectivity index (χ0n) is 20.8. The molecule has 1 atom stereocenters. The molecular formula is C25H26FN7O4S. The third kappa shape index (κ3) is 4.96. The molecule has 0 bridgehead atoms. The molecule has 3 heterocycles. The lowest BCUT2D eigenvalue weighted by Crippen LogP contribution is -2.45. The van der Waals surface area contributed by atoms with Gasteiger partial charge in [-0.25, -0.2) is 22.8 Å². The van der Waals surface area contributed by atoms with E-state index < -0.39 is 21.1 Å². The van der Waals surface area contributed by atoms with Gasteiger partial charge in [0.15, 0.2) is 11.6 Å². The van der Waals surface area contributed by atoms with Crippen LogP contribution in [0.2, 0.25) is 0 Å². The van der Waals surface area contributed by atoms with E-state index in [1.54, 1.807) is 27.7 Å². The van der Waals surface area contributed by atoms with Crippen LogP contribution in [0.25, 0.3) is 17.1 Å². The van der Waals surface area contributed by atoms with Gasteiger partial charge in [0.05, 0.1) is 31.9 Å². The molecular weight excluding hydrogens is 513 g/mol. The van der Waals surface area contributed by atoms with Crippen LogP contribution in [0.15, 0.2) is 60.9 Å². The summed E-state index contributed by atoms with van der Waals surface area (Å²) in [5, 5.41) is 7.74. The van der Waals surface area contributed by atoms with Crippen LogP contribution in [0.3, 0.4) is 0 Å². The van der Waals surface area contributed by atoms with Gasteiger partial charge in [-0.15, -0.1) is 10.2 Å². The van der Waals surface area contributed by atoms with Crippen molar-refractivity contribution < 1.29 is 22.3 Å². The highest BCUT2D eigenvalue weighted by molar-refractivity contribution is 7.93. The minimum absolute atomic E-state index is 0.0122. The molecule has 4 aromatic rings. The van der Waals surface area contributed by atoms with Gasteiger partial charge in [-0.3, -0.25) is 9.29 Å². The largest absolute Gasteiger partial charge is 0.494 e. The molecule has 11 nitrogen and oxygen atoms in total. The number of methoxy groups -OCH3 is 2. The maximum atomic E-state index is 13.6. The second-order valence-corrected chi connectivity index (χ2v) is 10.6. The van der Waals surface area contributed by atoms with Crippen LogP contribution in [0.4, 0.5) is 16.3 Å². The molecule has 2 aromatic carbocycles. The number of halogens is 1. The standard InChI is InChI=1S/C25H26FN7O4S/c1-36-20-11-6-12-21(37-2)22(20)33-23(17-8-4-3-5-9-17)29-30-25(33)31-38(34,35)19-10-7-13-32(16-19)24-27-14-18(26)15-28-24/h3-6,8-9,11-12,14-15,19H,7,10,13,16H2,1-2H3,(H,30,31). The summed E-state index contributed by atoms with van der Waals surface area (Å²) < 4.78 is 56.0. The summed E-state index contributed by atoms with van der Waals surface area (Å²) in [6.07, 6.45) is 3.14. The Morgan fingerprint density at radius 3 is 2.32 bits per heavy atom. The summed E-state index contributed by atoms with van der Waals surface area (Å²) in [6, 6.07) is 14.5. The summed E-state index contributed by atoms with van der Waals surface area (Å²) in [4.78, 5) is 9.74. The van der Waals surface area contributed by atoms with Gasteiger partial charge in [0.2, 0.25) is 21.9 Å². The number of anilines is 2. The average Bonchev–Trinajstić information content (AvgIpc) is 3.35. The van der Waals surface area contributed by atoms with Crippen molar-refractivity contribution in [1.82, 2.24) is 24.7 Å². The minimum atomic E-state index is -3.95. The first kappa shape index (κ1) is 25.4. The molecule has 1 fully saturated rings. The summed E-state index contributed by atoms with van der Waals surface area (Å²) in [7, 11) is -0.917. The Morgan fingerprint density at radius 1 is 0.974 bits per heavy atom. The van der Waals surface area contributed by atoms with Crippen molar-refractivity contribution in [3.05, 3.63) is 66.7 Å². The van der Waals surface area contributed by atoms with Gasteiger partial charge in [0.25, 0.3) is 0 Å². The molecule has 1 aliphatic heterocycles. The van der Waals surface area contributed by atoms with E-state index in [4.69, 9.17) is 9.47 Å². The molecule has 0 aliphatic carbocycles. The predicted molar refractivity (Wildman–Crippen MR) is 140 cm³/mol. The Labute approximate surface area is 219 Å². The SMILES string of the molecule is COc1cccc(OC)c1-n1c(NS(=O)(=O)C2CCCN(c3ncc(F)cn3)C2)nnc1-c1ccccc1. The van der Waals surface area contributed by atoms with Gasteiger partial charge in [0, 0.05) is 18.7 Å². The molecule has 1 unspecified atom stereocenters. The van der Waals surface area contributed by atoms with Gasteiger partial charge in [0.1, 0.15) is 17.2 Å². The number of hydrogen-bond donors (Lipinski definition) is 1. The summed E-state index contributed by atoms with van der Waals surface area (Å²) >= 11 is 0. The van der Waals surface area contributed by atoms with E-state index in [2.05, 4.69) is 24.9 Å². The fraction of sp³-hybridized carbons (Fsp3) is 0.280. The first-order valence-electron chi connectivity index (χ1n) is 11.9. The van der Waals surface area contributed by atoms with Crippen LogP contribution in [0, 0.1) is 5.82 Å². The van der Waals surface area contributed by atoms with Crippen LogP contribution in [0.5, 0.6) is 11.5 Å². The topological polar surface area (TPSA) is 124 Å². The minimum Gasteiger partial charge on any atom is -0.494 e. The van der Waals surface area contributed by atoms with Gasteiger partial charge in [-0.1, -0.05) is 36.4 Å². The van der Waals surface area contributed by atoms with Crippen molar-refractivity contribution in [3.63, 3.8) is 0 Å². The maximum Gasteiger partial charge on any atom is 0.243 e. The van der Waals surface area contributed by atoms with Crippen molar-refractivity contribution in [2.75, 3.05) is 36.9 Å². The highest BCUT2D eigenvalue weighted by atomic mass is 32.2. The number of nitrogens with one attached hydrogen (secondary N) is 1. The van der Waals surface area contributed by atoms with E-state index in [9.17, 15) is 12.8 Å². The Bertz CT molecular complexity index is 1490. The lowest BCUT2D eigenvalue weighted by Gasteiger charge is -2.32.